The predicted octanol–water partition coefficient (Wildman–Crippen LogP) is 2.94. The largest absolute Gasteiger partial charge is 0.382 e. The van der Waals surface area contributed by atoms with Crippen molar-refractivity contribution in [1.29, 1.82) is 0 Å². The lowest BCUT2D eigenvalue weighted by atomic mass is 10.0. The molecule has 1 unspecified atom stereocenters. The van der Waals surface area contributed by atoms with Gasteiger partial charge in [0.2, 0.25) is 0 Å². The number of rotatable bonds is 9. The maximum atomic E-state index is 5.73. The topological polar surface area (TPSA) is 43.4 Å². The van der Waals surface area contributed by atoms with Crippen LogP contribution in [0, 0.1) is 0 Å². The molecule has 0 bridgehead atoms. The second-order valence-electron chi connectivity index (χ2n) is 5.02. The summed E-state index contributed by atoms with van der Waals surface area (Å²) in [5.74, 6) is 0. The van der Waals surface area contributed by atoms with Crippen LogP contribution in [0.1, 0.15) is 24.9 Å². The van der Waals surface area contributed by atoms with Crippen molar-refractivity contribution in [3.05, 3.63) is 42.2 Å². The Kier molecular flexibility index (Phi) is 6.60. The van der Waals surface area contributed by atoms with E-state index in [0.29, 0.717) is 19.8 Å². The highest BCUT2D eigenvalue weighted by Crippen LogP contribution is 2.24. The number of nitrogens with one attached hydrogen (secondary N) is 1. The van der Waals surface area contributed by atoms with Crippen LogP contribution in [0.25, 0.3) is 10.8 Å². The van der Waals surface area contributed by atoms with Crippen molar-refractivity contribution in [1.82, 2.24) is 10.3 Å². The van der Waals surface area contributed by atoms with Crippen LogP contribution in [0.15, 0.2) is 36.7 Å². The Balaban J connectivity index is 2.17. The Labute approximate surface area is 126 Å². The van der Waals surface area contributed by atoms with E-state index in [9.17, 15) is 0 Å². The third-order valence-electron chi connectivity index (χ3n) is 3.45. The fourth-order valence-electron chi connectivity index (χ4n) is 2.36. The molecule has 0 aliphatic carbocycles. The van der Waals surface area contributed by atoms with E-state index in [1.807, 2.05) is 18.5 Å². The number of methoxy groups -OCH3 is 1. The van der Waals surface area contributed by atoms with Crippen LogP contribution >= 0.6 is 0 Å². The highest BCUT2D eigenvalue weighted by molar-refractivity contribution is 5.85. The molecule has 0 aliphatic heterocycles. The van der Waals surface area contributed by atoms with E-state index < -0.39 is 0 Å². The van der Waals surface area contributed by atoms with Crippen LogP contribution in [0.2, 0.25) is 0 Å². The normalized spacial score (nSPS) is 12.7. The summed E-state index contributed by atoms with van der Waals surface area (Å²) in [6.45, 7) is 5.01. The van der Waals surface area contributed by atoms with E-state index in [2.05, 4.69) is 35.4 Å². The molecule has 0 fully saturated rings. The monoisotopic (exact) mass is 288 g/mol. The summed E-state index contributed by atoms with van der Waals surface area (Å²) in [4.78, 5) is 4.26. The highest BCUT2D eigenvalue weighted by Gasteiger charge is 2.14. The van der Waals surface area contributed by atoms with Gasteiger partial charge in [-0.15, -0.1) is 0 Å². The Bertz CT molecular complexity index is 540. The number of hydrogen-bond acceptors (Lipinski definition) is 4. The van der Waals surface area contributed by atoms with Crippen molar-refractivity contribution in [3.8, 4) is 0 Å². The molecule has 2 aromatic rings. The summed E-state index contributed by atoms with van der Waals surface area (Å²) in [6, 6.07) is 8.57. The highest BCUT2D eigenvalue weighted by atomic mass is 16.5. The van der Waals surface area contributed by atoms with Crippen LogP contribution in [0.3, 0.4) is 0 Å². The molecule has 1 N–H and O–H groups in total. The van der Waals surface area contributed by atoms with Gasteiger partial charge in [-0.05, 0) is 30.0 Å². The second kappa shape index (κ2) is 8.72. The summed E-state index contributed by atoms with van der Waals surface area (Å²) in [7, 11) is 1.69. The van der Waals surface area contributed by atoms with Crippen LogP contribution < -0.4 is 5.32 Å². The first kappa shape index (κ1) is 15.9. The molecule has 114 valence electrons. The molecule has 1 aromatic carbocycles. The van der Waals surface area contributed by atoms with Crippen molar-refractivity contribution in [2.24, 2.45) is 0 Å². The minimum absolute atomic E-state index is 0.176. The number of benzene rings is 1. The summed E-state index contributed by atoms with van der Waals surface area (Å²) < 4.78 is 10.8. The van der Waals surface area contributed by atoms with E-state index in [0.717, 1.165) is 13.0 Å². The molecule has 1 atom stereocenters. The van der Waals surface area contributed by atoms with Gasteiger partial charge in [-0.25, -0.2) is 0 Å². The first-order valence-electron chi connectivity index (χ1n) is 7.49. The smallest absolute Gasteiger partial charge is 0.0701 e. The molecular weight excluding hydrogens is 264 g/mol. The standard InChI is InChI=1S/C17H24N2O2/c1-3-8-19-17(13-21-11-10-20-2)15-6-4-5-14-7-9-18-12-16(14)15/h4-7,9,12,17,19H,3,8,10-11,13H2,1-2H3. The zero-order chi connectivity index (χ0) is 14.9. The predicted molar refractivity (Wildman–Crippen MR) is 85.5 cm³/mol. The lowest BCUT2D eigenvalue weighted by molar-refractivity contribution is 0.0588. The molecule has 0 saturated carbocycles. The van der Waals surface area contributed by atoms with Gasteiger partial charge in [0.15, 0.2) is 0 Å². The summed E-state index contributed by atoms with van der Waals surface area (Å²) in [5, 5.41) is 5.96. The van der Waals surface area contributed by atoms with Gasteiger partial charge in [-0.1, -0.05) is 25.1 Å². The van der Waals surface area contributed by atoms with E-state index in [-0.39, 0.29) is 6.04 Å². The van der Waals surface area contributed by atoms with Crippen molar-refractivity contribution < 1.29 is 9.47 Å². The number of aromatic nitrogens is 1. The number of pyridine rings is 1. The minimum Gasteiger partial charge on any atom is -0.382 e. The maximum absolute atomic E-state index is 5.73. The lowest BCUT2D eigenvalue weighted by Crippen LogP contribution is -2.27. The van der Waals surface area contributed by atoms with Gasteiger partial charge in [0, 0.05) is 24.9 Å². The van der Waals surface area contributed by atoms with Gasteiger partial charge in [-0.2, -0.15) is 0 Å². The Morgan fingerprint density at radius 3 is 2.95 bits per heavy atom. The quantitative estimate of drug-likeness (QED) is 0.721. The Morgan fingerprint density at radius 1 is 1.24 bits per heavy atom. The summed E-state index contributed by atoms with van der Waals surface area (Å²) in [6.07, 6.45) is 4.85. The number of hydrogen-bond donors (Lipinski definition) is 1. The van der Waals surface area contributed by atoms with Gasteiger partial charge < -0.3 is 14.8 Å². The van der Waals surface area contributed by atoms with Crippen LogP contribution in [0.4, 0.5) is 0 Å². The third kappa shape index (κ3) is 4.49. The molecule has 0 amide bonds. The first-order chi connectivity index (χ1) is 10.4. The van der Waals surface area contributed by atoms with Crippen molar-refractivity contribution in [2.75, 3.05) is 33.5 Å². The molecule has 21 heavy (non-hydrogen) atoms. The van der Waals surface area contributed by atoms with E-state index in [1.54, 1.807) is 7.11 Å². The summed E-state index contributed by atoms with van der Waals surface area (Å²) in [5.41, 5.74) is 1.24. The lowest BCUT2D eigenvalue weighted by Gasteiger charge is -2.20. The average molecular weight is 288 g/mol. The molecule has 4 nitrogen and oxygen atoms in total. The van der Waals surface area contributed by atoms with Gasteiger partial charge in [0.25, 0.3) is 0 Å². The van der Waals surface area contributed by atoms with Crippen LogP contribution in [-0.4, -0.2) is 38.5 Å². The van der Waals surface area contributed by atoms with Crippen LogP contribution in [0.5, 0.6) is 0 Å². The van der Waals surface area contributed by atoms with Crippen molar-refractivity contribution in [2.45, 2.75) is 19.4 Å². The summed E-state index contributed by atoms with van der Waals surface area (Å²) >= 11 is 0. The van der Waals surface area contributed by atoms with E-state index >= 15 is 0 Å². The second-order valence-corrected chi connectivity index (χ2v) is 5.02. The average Bonchev–Trinajstić information content (AvgIpc) is 2.54. The van der Waals surface area contributed by atoms with Gasteiger partial charge in [-0.3, -0.25) is 4.98 Å². The zero-order valence-electron chi connectivity index (χ0n) is 12.8. The SMILES string of the molecule is CCCNC(COCCOC)c1cccc2ccncc12. The maximum Gasteiger partial charge on any atom is 0.0701 e. The van der Waals surface area contributed by atoms with Crippen molar-refractivity contribution >= 4 is 10.8 Å². The van der Waals surface area contributed by atoms with Gasteiger partial charge >= 0.3 is 0 Å². The number of nitrogens with zero attached hydrogens (tertiary/aromatic N) is 1. The van der Waals surface area contributed by atoms with Crippen LogP contribution in [-0.2, 0) is 9.47 Å². The fraction of sp³-hybridized carbons (Fsp3) is 0.471. The molecule has 0 spiro atoms. The number of fused-ring (bicyclic) bond motifs is 1. The van der Waals surface area contributed by atoms with E-state index in [1.165, 1.54) is 16.3 Å². The molecule has 1 heterocycles. The number of ether oxygens (including phenoxy) is 2. The Hall–Kier alpha value is -1.49. The molecule has 2 rings (SSSR count). The molecule has 0 radical (unpaired) electrons. The fourth-order valence-corrected chi connectivity index (χ4v) is 2.36. The molecule has 4 heteroatoms. The first-order valence-corrected chi connectivity index (χ1v) is 7.49. The van der Waals surface area contributed by atoms with Crippen molar-refractivity contribution in [3.63, 3.8) is 0 Å². The Morgan fingerprint density at radius 2 is 2.14 bits per heavy atom. The molecule has 0 saturated heterocycles. The minimum atomic E-state index is 0.176. The third-order valence-corrected chi connectivity index (χ3v) is 3.45. The molecular formula is C17H24N2O2. The zero-order valence-corrected chi connectivity index (χ0v) is 12.8. The molecule has 0 aliphatic rings. The van der Waals surface area contributed by atoms with Gasteiger partial charge in [0.05, 0.1) is 25.9 Å². The molecule has 1 aromatic heterocycles. The van der Waals surface area contributed by atoms with E-state index in [4.69, 9.17) is 9.47 Å². The van der Waals surface area contributed by atoms with Gasteiger partial charge in [0.1, 0.15) is 0 Å².